The lowest BCUT2D eigenvalue weighted by atomic mass is 10.1. The second kappa shape index (κ2) is 5.18. The van der Waals surface area contributed by atoms with Crippen molar-refractivity contribution in [3.63, 3.8) is 0 Å². The molecule has 0 radical (unpaired) electrons. The SMILES string of the molecule is O=C(Cc1csc2ccccc12)CC1OCCO1. The summed E-state index contributed by atoms with van der Waals surface area (Å²) in [6, 6.07) is 8.17. The third-order valence-corrected chi connectivity index (χ3v) is 4.05. The minimum Gasteiger partial charge on any atom is -0.350 e. The lowest BCUT2D eigenvalue weighted by Crippen LogP contribution is -2.15. The van der Waals surface area contributed by atoms with Gasteiger partial charge < -0.3 is 9.47 Å². The molecule has 0 atom stereocenters. The van der Waals surface area contributed by atoms with E-state index in [9.17, 15) is 4.79 Å². The zero-order valence-electron chi connectivity index (χ0n) is 9.93. The van der Waals surface area contributed by atoms with Crippen LogP contribution in [-0.4, -0.2) is 25.3 Å². The predicted molar refractivity (Wildman–Crippen MR) is 70.8 cm³/mol. The first-order valence-corrected chi connectivity index (χ1v) is 6.91. The van der Waals surface area contributed by atoms with Crippen LogP contribution >= 0.6 is 11.3 Å². The number of benzene rings is 1. The van der Waals surface area contributed by atoms with Gasteiger partial charge in [0.15, 0.2) is 6.29 Å². The first-order valence-electron chi connectivity index (χ1n) is 6.03. The lowest BCUT2D eigenvalue weighted by molar-refractivity contribution is -0.126. The minimum absolute atomic E-state index is 0.172. The van der Waals surface area contributed by atoms with Gasteiger partial charge in [0.2, 0.25) is 0 Å². The molecule has 18 heavy (non-hydrogen) atoms. The van der Waals surface area contributed by atoms with Crippen LogP contribution in [0.4, 0.5) is 0 Å². The van der Waals surface area contributed by atoms with Gasteiger partial charge in [0.25, 0.3) is 0 Å². The van der Waals surface area contributed by atoms with Crippen molar-refractivity contribution in [2.75, 3.05) is 13.2 Å². The largest absolute Gasteiger partial charge is 0.350 e. The zero-order valence-corrected chi connectivity index (χ0v) is 10.7. The van der Waals surface area contributed by atoms with Crippen LogP contribution in [0.1, 0.15) is 12.0 Å². The molecule has 1 aliphatic heterocycles. The van der Waals surface area contributed by atoms with E-state index in [1.54, 1.807) is 11.3 Å². The molecule has 3 nitrogen and oxygen atoms in total. The Kier molecular flexibility index (Phi) is 3.41. The van der Waals surface area contributed by atoms with Crippen molar-refractivity contribution in [1.82, 2.24) is 0 Å². The van der Waals surface area contributed by atoms with Gasteiger partial charge in [0.05, 0.1) is 19.6 Å². The van der Waals surface area contributed by atoms with E-state index in [1.807, 2.05) is 12.1 Å². The van der Waals surface area contributed by atoms with Crippen molar-refractivity contribution in [2.24, 2.45) is 0 Å². The van der Waals surface area contributed by atoms with Gasteiger partial charge in [-0.05, 0) is 22.4 Å². The molecule has 94 valence electrons. The van der Waals surface area contributed by atoms with Crippen LogP contribution < -0.4 is 0 Å². The van der Waals surface area contributed by atoms with Crippen LogP contribution in [0, 0.1) is 0 Å². The summed E-state index contributed by atoms with van der Waals surface area (Å²) in [5.41, 5.74) is 1.11. The molecule has 0 amide bonds. The van der Waals surface area contributed by atoms with Crippen LogP contribution in [0.15, 0.2) is 29.6 Å². The number of carbonyl (C=O) groups is 1. The van der Waals surface area contributed by atoms with Crippen molar-refractivity contribution >= 4 is 27.2 Å². The summed E-state index contributed by atoms with van der Waals surface area (Å²) in [7, 11) is 0. The van der Waals surface area contributed by atoms with E-state index in [1.165, 1.54) is 10.1 Å². The molecule has 2 heterocycles. The second-order valence-corrected chi connectivity index (χ2v) is 5.26. The molecule has 1 fully saturated rings. The van der Waals surface area contributed by atoms with E-state index in [2.05, 4.69) is 17.5 Å². The number of rotatable bonds is 4. The van der Waals surface area contributed by atoms with Crippen LogP contribution in [0.25, 0.3) is 10.1 Å². The quantitative estimate of drug-likeness (QED) is 0.850. The second-order valence-electron chi connectivity index (χ2n) is 4.35. The Bertz CT molecular complexity index is 555. The van der Waals surface area contributed by atoms with Gasteiger partial charge in [0, 0.05) is 11.1 Å². The van der Waals surface area contributed by atoms with Crippen molar-refractivity contribution in [2.45, 2.75) is 19.1 Å². The fourth-order valence-electron chi connectivity index (χ4n) is 2.17. The summed E-state index contributed by atoms with van der Waals surface area (Å²) in [4.78, 5) is 12.0. The number of fused-ring (bicyclic) bond motifs is 1. The van der Waals surface area contributed by atoms with Crippen molar-refractivity contribution in [1.29, 1.82) is 0 Å². The van der Waals surface area contributed by atoms with Crippen molar-refractivity contribution in [3.05, 3.63) is 35.2 Å². The van der Waals surface area contributed by atoms with E-state index in [4.69, 9.17) is 9.47 Å². The molecule has 0 bridgehead atoms. The van der Waals surface area contributed by atoms with Gasteiger partial charge in [-0.25, -0.2) is 0 Å². The molecule has 0 N–H and O–H groups in total. The van der Waals surface area contributed by atoms with Crippen molar-refractivity contribution < 1.29 is 14.3 Å². The maximum atomic E-state index is 12.0. The molecule has 1 aromatic heterocycles. The molecule has 2 aromatic rings. The van der Waals surface area contributed by atoms with E-state index >= 15 is 0 Å². The average Bonchev–Trinajstić information content (AvgIpc) is 3.00. The third kappa shape index (κ3) is 2.46. The molecule has 0 unspecified atom stereocenters. The first-order chi connectivity index (χ1) is 8.83. The number of thiophene rings is 1. The van der Waals surface area contributed by atoms with Gasteiger partial charge in [-0.3, -0.25) is 4.79 Å². The first kappa shape index (κ1) is 11.8. The maximum absolute atomic E-state index is 12.0. The number of hydrogen-bond acceptors (Lipinski definition) is 4. The summed E-state index contributed by atoms with van der Waals surface area (Å²) >= 11 is 1.68. The van der Waals surface area contributed by atoms with Gasteiger partial charge in [-0.15, -0.1) is 11.3 Å². The molecule has 1 saturated heterocycles. The van der Waals surface area contributed by atoms with Gasteiger partial charge in [-0.1, -0.05) is 18.2 Å². The fraction of sp³-hybridized carbons (Fsp3) is 0.357. The number of carbonyl (C=O) groups excluding carboxylic acids is 1. The number of hydrogen-bond donors (Lipinski definition) is 0. The molecule has 1 aromatic carbocycles. The molecule has 0 saturated carbocycles. The lowest BCUT2D eigenvalue weighted by Gasteiger charge is -2.07. The number of ketones is 1. The highest BCUT2D eigenvalue weighted by molar-refractivity contribution is 7.17. The average molecular weight is 262 g/mol. The van der Waals surface area contributed by atoms with E-state index in [0.717, 1.165) is 5.56 Å². The Balaban J connectivity index is 1.70. The van der Waals surface area contributed by atoms with Gasteiger partial charge in [0.1, 0.15) is 5.78 Å². The molecule has 1 aliphatic rings. The highest BCUT2D eigenvalue weighted by Gasteiger charge is 2.20. The van der Waals surface area contributed by atoms with Crippen molar-refractivity contribution in [3.8, 4) is 0 Å². The van der Waals surface area contributed by atoms with E-state index in [-0.39, 0.29) is 12.1 Å². The number of Topliss-reactive ketones (excluding diaryl/α,β-unsaturated/α-hetero) is 1. The Morgan fingerprint density at radius 3 is 2.89 bits per heavy atom. The molecular weight excluding hydrogens is 248 g/mol. The molecule has 4 heteroatoms. The summed E-state index contributed by atoms with van der Waals surface area (Å²) in [5, 5.41) is 3.25. The van der Waals surface area contributed by atoms with Crippen LogP contribution in [-0.2, 0) is 20.7 Å². The molecule has 3 rings (SSSR count). The van der Waals surface area contributed by atoms with Crippen LogP contribution in [0.2, 0.25) is 0 Å². The van der Waals surface area contributed by atoms with Gasteiger partial charge in [-0.2, -0.15) is 0 Å². The fourth-order valence-corrected chi connectivity index (χ4v) is 3.13. The predicted octanol–water partition coefficient (Wildman–Crippen LogP) is 2.78. The summed E-state index contributed by atoms with van der Waals surface area (Å²) in [6.45, 7) is 1.19. The third-order valence-electron chi connectivity index (χ3n) is 3.03. The Morgan fingerprint density at radius 2 is 2.06 bits per heavy atom. The molecule has 0 spiro atoms. The van der Waals surface area contributed by atoms with Crippen LogP contribution in [0.3, 0.4) is 0 Å². The summed E-state index contributed by atoms with van der Waals surface area (Å²) < 4.78 is 11.8. The Hall–Kier alpha value is -1.23. The summed E-state index contributed by atoms with van der Waals surface area (Å²) in [5.74, 6) is 0.172. The molecule has 0 aliphatic carbocycles. The minimum atomic E-state index is -0.331. The summed E-state index contributed by atoms with van der Waals surface area (Å²) in [6.07, 6.45) is 0.486. The van der Waals surface area contributed by atoms with E-state index in [0.29, 0.717) is 26.1 Å². The topological polar surface area (TPSA) is 35.5 Å². The number of ether oxygens (including phenoxy) is 2. The molecular formula is C14H14O3S. The smallest absolute Gasteiger partial charge is 0.164 e. The van der Waals surface area contributed by atoms with E-state index < -0.39 is 0 Å². The standard InChI is InChI=1S/C14H14O3S/c15-11(8-14-16-5-6-17-14)7-10-9-18-13-4-2-1-3-12(10)13/h1-4,9,14H,5-8H2. The monoisotopic (exact) mass is 262 g/mol. The zero-order chi connectivity index (χ0) is 12.4. The Labute approximate surface area is 109 Å². The highest BCUT2D eigenvalue weighted by Crippen LogP contribution is 2.26. The van der Waals surface area contributed by atoms with Crippen LogP contribution in [0.5, 0.6) is 0 Å². The van der Waals surface area contributed by atoms with Gasteiger partial charge >= 0.3 is 0 Å². The maximum Gasteiger partial charge on any atom is 0.164 e. The Morgan fingerprint density at radius 1 is 1.28 bits per heavy atom. The highest BCUT2D eigenvalue weighted by atomic mass is 32.1. The normalized spacial score (nSPS) is 16.4.